The molecule has 0 N–H and O–H groups in total. The minimum atomic E-state index is -1.26. The van der Waals surface area contributed by atoms with E-state index in [2.05, 4.69) is 4.98 Å². The van der Waals surface area contributed by atoms with Gasteiger partial charge in [-0.1, -0.05) is 0 Å². The molecule has 0 saturated carbocycles. The SMILES string of the molecule is CCOC(=O)C1Oc2ncccc2N(C)C1=O. The molecule has 1 aliphatic rings. The summed E-state index contributed by atoms with van der Waals surface area (Å²) < 4.78 is 10.0. The molecule has 2 rings (SSSR count). The largest absolute Gasteiger partial charge is 0.463 e. The Balaban J connectivity index is 2.31. The van der Waals surface area contributed by atoms with Crippen molar-refractivity contribution in [2.75, 3.05) is 18.6 Å². The lowest BCUT2D eigenvalue weighted by molar-refractivity contribution is -0.156. The van der Waals surface area contributed by atoms with Gasteiger partial charge < -0.3 is 14.4 Å². The molecule has 0 saturated heterocycles. The average molecular weight is 236 g/mol. The number of aromatic nitrogens is 1. The summed E-state index contributed by atoms with van der Waals surface area (Å²) in [5, 5.41) is 0. The number of ether oxygens (including phenoxy) is 2. The molecular formula is C11H12N2O4. The maximum Gasteiger partial charge on any atom is 0.357 e. The van der Waals surface area contributed by atoms with Gasteiger partial charge in [0.05, 0.1) is 6.61 Å². The molecule has 0 radical (unpaired) electrons. The molecule has 90 valence electrons. The lowest BCUT2D eigenvalue weighted by Gasteiger charge is -2.29. The van der Waals surface area contributed by atoms with Crippen LogP contribution in [0.1, 0.15) is 6.92 Å². The van der Waals surface area contributed by atoms with E-state index < -0.39 is 18.0 Å². The number of rotatable bonds is 2. The lowest BCUT2D eigenvalue weighted by Crippen LogP contribution is -2.49. The number of carbonyl (C=O) groups is 2. The van der Waals surface area contributed by atoms with Gasteiger partial charge in [0.1, 0.15) is 5.69 Å². The van der Waals surface area contributed by atoms with E-state index in [0.717, 1.165) is 0 Å². The van der Waals surface area contributed by atoms with Gasteiger partial charge in [-0.05, 0) is 19.1 Å². The Morgan fingerprint density at radius 2 is 2.41 bits per heavy atom. The van der Waals surface area contributed by atoms with Crippen molar-refractivity contribution < 1.29 is 19.1 Å². The van der Waals surface area contributed by atoms with Crippen LogP contribution in [0.2, 0.25) is 0 Å². The molecular weight excluding hydrogens is 224 g/mol. The molecule has 0 aromatic carbocycles. The highest BCUT2D eigenvalue weighted by molar-refractivity contribution is 6.10. The summed E-state index contributed by atoms with van der Waals surface area (Å²) in [6.07, 6.45) is 0.271. The maximum absolute atomic E-state index is 11.9. The quantitative estimate of drug-likeness (QED) is 0.548. The van der Waals surface area contributed by atoms with Gasteiger partial charge in [0.2, 0.25) is 5.88 Å². The minimum absolute atomic E-state index is 0.199. The van der Waals surface area contributed by atoms with Crippen LogP contribution in [0.5, 0.6) is 5.88 Å². The molecule has 2 heterocycles. The zero-order valence-electron chi connectivity index (χ0n) is 9.54. The molecule has 1 aliphatic heterocycles. The highest BCUT2D eigenvalue weighted by Crippen LogP contribution is 2.30. The zero-order chi connectivity index (χ0) is 12.4. The molecule has 0 spiro atoms. The molecule has 0 fully saturated rings. The smallest absolute Gasteiger partial charge is 0.357 e. The number of anilines is 1. The van der Waals surface area contributed by atoms with Crippen LogP contribution < -0.4 is 9.64 Å². The summed E-state index contributed by atoms with van der Waals surface area (Å²) in [5.74, 6) is -0.891. The third kappa shape index (κ3) is 1.93. The predicted octanol–water partition coefficient (Wildman–Crippen LogP) is 0.369. The number of likely N-dealkylation sites (N-methyl/N-ethyl adjacent to an activating group) is 1. The van der Waals surface area contributed by atoms with Crippen LogP contribution >= 0.6 is 0 Å². The van der Waals surface area contributed by atoms with Crippen LogP contribution in [0.15, 0.2) is 18.3 Å². The summed E-state index contributed by atoms with van der Waals surface area (Å²) in [6.45, 7) is 1.87. The van der Waals surface area contributed by atoms with E-state index in [4.69, 9.17) is 9.47 Å². The van der Waals surface area contributed by atoms with Crippen molar-refractivity contribution in [1.82, 2.24) is 4.98 Å². The van der Waals surface area contributed by atoms with Crippen LogP contribution in [-0.2, 0) is 14.3 Å². The fourth-order valence-corrected chi connectivity index (χ4v) is 1.55. The Hall–Kier alpha value is -2.11. The first kappa shape index (κ1) is 11.4. The molecule has 6 heteroatoms. The van der Waals surface area contributed by atoms with Crippen molar-refractivity contribution in [1.29, 1.82) is 0 Å². The number of fused-ring (bicyclic) bond motifs is 1. The number of carbonyl (C=O) groups excluding carboxylic acids is 2. The Morgan fingerprint density at radius 3 is 3.12 bits per heavy atom. The van der Waals surface area contributed by atoms with Crippen LogP contribution in [0.25, 0.3) is 0 Å². The normalized spacial score (nSPS) is 18.4. The number of nitrogens with zero attached hydrogens (tertiary/aromatic N) is 2. The summed E-state index contributed by atoms with van der Waals surface area (Å²) in [4.78, 5) is 28.7. The van der Waals surface area contributed by atoms with E-state index in [-0.39, 0.29) is 12.5 Å². The van der Waals surface area contributed by atoms with Gasteiger partial charge in [-0.15, -0.1) is 0 Å². The number of hydrogen-bond donors (Lipinski definition) is 0. The molecule has 1 aromatic heterocycles. The number of amides is 1. The first-order chi connectivity index (χ1) is 8.15. The van der Waals surface area contributed by atoms with Gasteiger partial charge in [-0.25, -0.2) is 9.78 Å². The van der Waals surface area contributed by atoms with Gasteiger partial charge in [0, 0.05) is 13.2 Å². The van der Waals surface area contributed by atoms with Gasteiger partial charge in [-0.3, -0.25) is 4.79 Å². The van der Waals surface area contributed by atoms with Crippen LogP contribution in [-0.4, -0.2) is 36.6 Å². The number of esters is 1. The number of pyridine rings is 1. The molecule has 1 amide bonds. The summed E-state index contributed by atoms with van der Waals surface area (Å²) in [5.41, 5.74) is 0.540. The van der Waals surface area contributed by atoms with Gasteiger partial charge >= 0.3 is 5.97 Å². The van der Waals surface area contributed by atoms with E-state index >= 15 is 0 Å². The van der Waals surface area contributed by atoms with Crippen molar-refractivity contribution in [2.24, 2.45) is 0 Å². The molecule has 1 aromatic rings. The second-order valence-electron chi connectivity index (χ2n) is 3.47. The number of hydrogen-bond acceptors (Lipinski definition) is 5. The van der Waals surface area contributed by atoms with Crippen LogP contribution in [0.4, 0.5) is 5.69 Å². The fourth-order valence-electron chi connectivity index (χ4n) is 1.55. The Bertz CT molecular complexity index is 461. The van der Waals surface area contributed by atoms with Crippen LogP contribution in [0, 0.1) is 0 Å². The van der Waals surface area contributed by atoms with Gasteiger partial charge in [-0.2, -0.15) is 0 Å². The zero-order valence-corrected chi connectivity index (χ0v) is 9.54. The van der Waals surface area contributed by atoms with E-state index in [1.165, 1.54) is 11.1 Å². The summed E-state index contributed by atoms with van der Waals surface area (Å²) >= 11 is 0. The lowest BCUT2D eigenvalue weighted by atomic mass is 10.2. The fraction of sp³-hybridized carbons (Fsp3) is 0.364. The minimum Gasteiger partial charge on any atom is -0.463 e. The molecule has 1 unspecified atom stereocenters. The Kier molecular flexibility index (Phi) is 2.95. The monoisotopic (exact) mass is 236 g/mol. The maximum atomic E-state index is 11.9. The van der Waals surface area contributed by atoms with E-state index in [9.17, 15) is 9.59 Å². The van der Waals surface area contributed by atoms with Gasteiger partial charge in [0.25, 0.3) is 12.0 Å². The summed E-state index contributed by atoms with van der Waals surface area (Å²) in [6, 6.07) is 3.39. The first-order valence-corrected chi connectivity index (χ1v) is 5.21. The average Bonchev–Trinajstić information content (AvgIpc) is 2.34. The van der Waals surface area contributed by atoms with Crippen molar-refractivity contribution in [2.45, 2.75) is 13.0 Å². The highest BCUT2D eigenvalue weighted by Gasteiger charge is 2.39. The topological polar surface area (TPSA) is 68.7 Å². The molecule has 17 heavy (non-hydrogen) atoms. The standard InChI is InChI=1S/C11H12N2O4/c1-3-16-11(15)8-10(14)13(2)7-5-4-6-12-9(7)17-8/h4-6,8H,3H2,1-2H3. The van der Waals surface area contributed by atoms with Crippen LogP contribution in [0.3, 0.4) is 0 Å². The Labute approximate surface area is 98.1 Å². The highest BCUT2D eigenvalue weighted by atomic mass is 16.6. The van der Waals surface area contributed by atoms with E-state index in [1.807, 2.05) is 0 Å². The Morgan fingerprint density at radius 1 is 1.65 bits per heavy atom. The second-order valence-corrected chi connectivity index (χ2v) is 3.47. The summed E-state index contributed by atoms with van der Waals surface area (Å²) in [7, 11) is 1.57. The molecule has 0 aliphatic carbocycles. The molecule has 0 bridgehead atoms. The third-order valence-electron chi connectivity index (χ3n) is 2.40. The molecule has 1 atom stereocenters. The second kappa shape index (κ2) is 4.40. The van der Waals surface area contributed by atoms with E-state index in [1.54, 1.807) is 26.1 Å². The molecule has 6 nitrogen and oxygen atoms in total. The van der Waals surface area contributed by atoms with Crippen molar-refractivity contribution >= 4 is 17.6 Å². The predicted molar refractivity (Wildman–Crippen MR) is 58.7 cm³/mol. The first-order valence-electron chi connectivity index (χ1n) is 5.21. The third-order valence-corrected chi connectivity index (χ3v) is 2.40. The van der Waals surface area contributed by atoms with Crippen molar-refractivity contribution in [3.8, 4) is 5.88 Å². The van der Waals surface area contributed by atoms with E-state index in [0.29, 0.717) is 5.69 Å². The van der Waals surface area contributed by atoms with Crippen molar-refractivity contribution in [3.63, 3.8) is 0 Å². The van der Waals surface area contributed by atoms with Crippen molar-refractivity contribution in [3.05, 3.63) is 18.3 Å². The van der Waals surface area contributed by atoms with Gasteiger partial charge in [0.15, 0.2) is 0 Å².